The zero-order chi connectivity index (χ0) is 19.6. The molecule has 1 unspecified atom stereocenters. The number of hydrogen-bond acceptors (Lipinski definition) is 4. The number of amides is 1. The first-order valence-corrected chi connectivity index (χ1v) is 10.3. The molecule has 0 radical (unpaired) electrons. The molecule has 1 aliphatic carbocycles. The number of aryl methyl sites for hydroxylation is 1. The van der Waals surface area contributed by atoms with Crippen LogP contribution in [-0.2, 0) is 22.0 Å². The van der Waals surface area contributed by atoms with Gasteiger partial charge in [-0.3, -0.25) is 4.79 Å². The largest absolute Gasteiger partial charge is 0.399 e. The Labute approximate surface area is 156 Å². The fraction of sp³-hybridized carbons (Fsp3) is 0.316. The second-order valence-electron chi connectivity index (χ2n) is 6.64. The Balaban J connectivity index is 1.71. The molecular weight excluding hydrogens is 374 g/mol. The van der Waals surface area contributed by atoms with E-state index in [-0.39, 0.29) is 17.5 Å². The van der Waals surface area contributed by atoms with E-state index in [1.165, 1.54) is 24.3 Å². The average molecular weight is 394 g/mol. The van der Waals surface area contributed by atoms with Crippen LogP contribution in [0, 0.1) is 0 Å². The van der Waals surface area contributed by atoms with E-state index in [4.69, 9.17) is 5.73 Å². The average Bonchev–Trinajstić information content (AvgIpc) is 2.61. The molecule has 0 heterocycles. The first-order chi connectivity index (χ1) is 12.8. The molecule has 0 aliphatic heterocycles. The molecule has 0 bridgehead atoms. The number of sulfone groups is 1. The van der Waals surface area contributed by atoms with Crippen molar-refractivity contribution < 1.29 is 22.0 Å². The fourth-order valence-corrected chi connectivity index (χ4v) is 4.06. The maximum Gasteiger partial charge on any atom is 0.337 e. The van der Waals surface area contributed by atoms with Crippen LogP contribution in [-0.4, -0.2) is 20.1 Å². The highest BCUT2D eigenvalue weighted by atomic mass is 32.2. The third-order valence-electron chi connectivity index (χ3n) is 4.64. The smallest absolute Gasteiger partial charge is 0.337 e. The lowest BCUT2D eigenvalue weighted by molar-refractivity contribution is 0.0932. The lowest BCUT2D eigenvalue weighted by Gasteiger charge is -2.26. The molecule has 3 N–H and O–H groups in total. The Morgan fingerprint density at radius 2 is 1.89 bits per heavy atom. The minimum absolute atomic E-state index is 0.124. The lowest BCUT2D eigenvalue weighted by atomic mass is 9.87. The second-order valence-corrected chi connectivity index (χ2v) is 8.61. The van der Waals surface area contributed by atoms with Gasteiger partial charge in [0.05, 0.1) is 11.8 Å². The molecule has 3 rings (SSSR count). The van der Waals surface area contributed by atoms with Crippen molar-refractivity contribution in [3.8, 4) is 0 Å². The number of rotatable bonds is 5. The Morgan fingerprint density at radius 1 is 1.19 bits per heavy atom. The van der Waals surface area contributed by atoms with Crippen molar-refractivity contribution in [2.75, 3.05) is 5.73 Å². The van der Waals surface area contributed by atoms with Crippen LogP contribution >= 0.6 is 0 Å². The van der Waals surface area contributed by atoms with Gasteiger partial charge in [-0.2, -0.15) is 8.78 Å². The van der Waals surface area contributed by atoms with Gasteiger partial charge in [0.25, 0.3) is 5.91 Å². The third-order valence-corrected chi connectivity index (χ3v) is 5.92. The van der Waals surface area contributed by atoms with Crippen molar-refractivity contribution in [2.45, 2.75) is 36.8 Å². The van der Waals surface area contributed by atoms with Gasteiger partial charge in [0, 0.05) is 11.3 Å². The predicted molar refractivity (Wildman–Crippen MR) is 99.1 cm³/mol. The normalized spacial score (nSPS) is 16.8. The highest BCUT2D eigenvalue weighted by Gasteiger charge is 2.25. The summed E-state index contributed by atoms with van der Waals surface area (Å²) in [4.78, 5) is 12.5. The van der Waals surface area contributed by atoms with E-state index in [1.54, 1.807) is 0 Å². The highest BCUT2D eigenvalue weighted by Crippen LogP contribution is 2.31. The summed E-state index contributed by atoms with van der Waals surface area (Å²) >= 11 is 0. The molecule has 144 valence electrons. The first kappa shape index (κ1) is 19.3. The maximum atomic E-state index is 12.5. The topological polar surface area (TPSA) is 89.3 Å². The monoisotopic (exact) mass is 394 g/mol. The lowest BCUT2D eigenvalue weighted by Crippen LogP contribution is -2.31. The molecule has 1 aliphatic rings. The van der Waals surface area contributed by atoms with Gasteiger partial charge in [0.2, 0.25) is 9.84 Å². The van der Waals surface area contributed by atoms with Crippen molar-refractivity contribution in [3.63, 3.8) is 0 Å². The fourth-order valence-electron chi connectivity index (χ4n) is 3.27. The number of nitrogens with two attached hydrogens (primary N) is 1. The summed E-state index contributed by atoms with van der Waals surface area (Å²) in [5.74, 6) is -4.47. The minimum Gasteiger partial charge on any atom is -0.399 e. The number of carbonyl (C=O) groups excluding carboxylic acids is 1. The SMILES string of the molecule is Nc1ccc2c(c1)CCCC2NC(=O)c1ccc(CS(=O)(=O)C(F)F)cc1. The number of anilines is 1. The summed E-state index contributed by atoms with van der Waals surface area (Å²) in [5, 5.41) is 2.98. The van der Waals surface area contributed by atoms with Crippen LogP contribution in [0.15, 0.2) is 42.5 Å². The Morgan fingerprint density at radius 3 is 2.56 bits per heavy atom. The molecule has 0 aromatic heterocycles. The maximum absolute atomic E-state index is 12.5. The quantitative estimate of drug-likeness (QED) is 0.762. The van der Waals surface area contributed by atoms with E-state index in [9.17, 15) is 22.0 Å². The van der Waals surface area contributed by atoms with E-state index in [0.29, 0.717) is 11.3 Å². The second kappa shape index (κ2) is 7.64. The highest BCUT2D eigenvalue weighted by molar-refractivity contribution is 7.90. The van der Waals surface area contributed by atoms with Gasteiger partial charge in [-0.25, -0.2) is 8.42 Å². The van der Waals surface area contributed by atoms with E-state index in [0.717, 1.165) is 30.4 Å². The summed E-state index contributed by atoms with van der Waals surface area (Å²) in [7, 11) is -4.49. The van der Waals surface area contributed by atoms with Crippen LogP contribution < -0.4 is 11.1 Å². The van der Waals surface area contributed by atoms with E-state index >= 15 is 0 Å². The molecule has 2 aromatic carbocycles. The van der Waals surface area contributed by atoms with Crippen LogP contribution in [0.1, 0.15) is 45.9 Å². The molecular formula is C19H20F2N2O3S. The summed E-state index contributed by atoms with van der Waals surface area (Å²) in [6.07, 6.45) is 2.67. The number of alkyl halides is 2. The van der Waals surface area contributed by atoms with E-state index in [1.807, 2.05) is 18.2 Å². The first-order valence-electron chi connectivity index (χ1n) is 8.54. The molecule has 0 saturated heterocycles. The Kier molecular flexibility index (Phi) is 5.46. The van der Waals surface area contributed by atoms with Crippen LogP contribution in [0.3, 0.4) is 0 Å². The Hall–Kier alpha value is -2.48. The summed E-state index contributed by atoms with van der Waals surface area (Å²) < 4.78 is 47.5. The molecule has 5 nitrogen and oxygen atoms in total. The third kappa shape index (κ3) is 4.44. The zero-order valence-electron chi connectivity index (χ0n) is 14.5. The molecule has 8 heteroatoms. The van der Waals surface area contributed by atoms with Crippen molar-refractivity contribution in [3.05, 3.63) is 64.7 Å². The van der Waals surface area contributed by atoms with Crippen molar-refractivity contribution >= 4 is 21.4 Å². The van der Waals surface area contributed by atoms with Gasteiger partial charge < -0.3 is 11.1 Å². The van der Waals surface area contributed by atoms with Gasteiger partial charge in [-0.05, 0) is 60.2 Å². The Bertz CT molecular complexity index is 944. The number of halogens is 2. The van der Waals surface area contributed by atoms with E-state index < -0.39 is 21.3 Å². The number of hydrogen-bond donors (Lipinski definition) is 2. The number of nitrogens with one attached hydrogen (secondary N) is 1. The van der Waals surface area contributed by atoms with Crippen molar-refractivity contribution in [2.24, 2.45) is 0 Å². The minimum atomic E-state index is -4.49. The summed E-state index contributed by atoms with van der Waals surface area (Å²) in [6.45, 7) is 0. The van der Waals surface area contributed by atoms with Gasteiger partial charge in [-0.15, -0.1) is 0 Å². The number of carbonyl (C=O) groups is 1. The number of fused-ring (bicyclic) bond motifs is 1. The molecule has 1 atom stereocenters. The number of nitrogen functional groups attached to an aromatic ring is 1. The van der Waals surface area contributed by atoms with Crippen molar-refractivity contribution in [1.29, 1.82) is 0 Å². The van der Waals surface area contributed by atoms with Crippen molar-refractivity contribution in [1.82, 2.24) is 5.32 Å². The molecule has 0 saturated carbocycles. The molecule has 0 spiro atoms. The van der Waals surface area contributed by atoms with Gasteiger partial charge in [0.1, 0.15) is 0 Å². The van der Waals surface area contributed by atoms with Crippen LogP contribution in [0.25, 0.3) is 0 Å². The van der Waals surface area contributed by atoms with Gasteiger partial charge in [-0.1, -0.05) is 18.2 Å². The standard InChI is InChI=1S/C19H20F2N2O3S/c20-19(21)27(25,26)11-12-4-6-13(7-5-12)18(24)23-17-3-1-2-14-10-15(22)8-9-16(14)17/h4-10,17,19H,1-3,11,22H2,(H,23,24). The molecule has 1 amide bonds. The molecule has 27 heavy (non-hydrogen) atoms. The molecule has 2 aromatic rings. The molecule has 0 fully saturated rings. The summed E-state index contributed by atoms with van der Waals surface area (Å²) in [6, 6.07) is 11.2. The van der Waals surface area contributed by atoms with Crippen LogP contribution in [0.4, 0.5) is 14.5 Å². The van der Waals surface area contributed by atoms with Gasteiger partial charge >= 0.3 is 5.76 Å². The predicted octanol–water partition coefficient (Wildman–Crippen LogP) is 3.21. The number of benzene rings is 2. The van der Waals surface area contributed by atoms with Gasteiger partial charge in [0.15, 0.2) is 0 Å². The van der Waals surface area contributed by atoms with Crippen LogP contribution in [0.5, 0.6) is 0 Å². The van der Waals surface area contributed by atoms with E-state index in [2.05, 4.69) is 5.32 Å². The summed E-state index contributed by atoms with van der Waals surface area (Å²) in [5.41, 5.74) is 9.23. The zero-order valence-corrected chi connectivity index (χ0v) is 15.3. The van der Waals surface area contributed by atoms with Crippen LogP contribution in [0.2, 0.25) is 0 Å².